The summed E-state index contributed by atoms with van der Waals surface area (Å²) in [5, 5.41) is 19.8. The third-order valence-electron chi connectivity index (χ3n) is 5.60. The molecule has 6 aliphatic rings. The van der Waals surface area contributed by atoms with E-state index in [4.69, 9.17) is 4.74 Å². The van der Waals surface area contributed by atoms with Gasteiger partial charge in [0.25, 0.3) is 0 Å². The Balaban J connectivity index is 1.87. The lowest BCUT2D eigenvalue weighted by atomic mass is 9.44. The van der Waals surface area contributed by atoms with Crippen molar-refractivity contribution in [3.05, 3.63) is 0 Å². The maximum atomic E-state index is 10.4. The number of aliphatic hydroxyl groups is 1. The van der Waals surface area contributed by atoms with Crippen LogP contribution < -0.4 is 0 Å². The van der Waals surface area contributed by atoms with Crippen LogP contribution in [0.25, 0.3) is 0 Å². The molecule has 72 valence electrons. The highest BCUT2D eigenvalue weighted by Crippen LogP contribution is 2.83. The molecule has 1 N–H and O–H groups in total. The Hall–Kier alpha value is -0.630. The quantitative estimate of drug-likeness (QED) is 0.548. The van der Waals surface area contributed by atoms with Crippen molar-refractivity contribution in [1.82, 2.24) is 4.90 Å². The standard InChI is InChI=1S/C10H10N2O2/c1-9(13)10(2-11)3-5-8-6(12(5)9)4(10)7(3)14-8/h3-8,13H,1H3/t3-,4+,5+,6-,7?,8?,9-,10?/m1/s1. The fraction of sp³-hybridized carbons (Fsp3) is 0.900. The minimum atomic E-state index is -0.886. The van der Waals surface area contributed by atoms with E-state index in [1.165, 1.54) is 0 Å². The van der Waals surface area contributed by atoms with E-state index in [1.54, 1.807) is 0 Å². The molecule has 6 rings (SSSR count). The summed E-state index contributed by atoms with van der Waals surface area (Å²) in [4.78, 5) is 2.14. The lowest BCUT2D eigenvalue weighted by molar-refractivity contribution is -0.181. The van der Waals surface area contributed by atoms with E-state index in [0.29, 0.717) is 36.1 Å². The van der Waals surface area contributed by atoms with Gasteiger partial charge in [-0.3, -0.25) is 4.90 Å². The first-order valence-corrected chi connectivity index (χ1v) is 5.24. The van der Waals surface area contributed by atoms with Gasteiger partial charge in [0.2, 0.25) is 0 Å². The van der Waals surface area contributed by atoms with Crippen LogP contribution >= 0.6 is 0 Å². The fourth-order valence-corrected chi connectivity index (χ4v) is 5.34. The van der Waals surface area contributed by atoms with Crippen LogP contribution in [0.1, 0.15) is 6.92 Å². The van der Waals surface area contributed by atoms with Crippen molar-refractivity contribution in [2.75, 3.05) is 0 Å². The smallest absolute Gasteiger partial charge is 0.135 e. The Labute approximate surface area is 81.1 Å². The summed E-state index contributed by atoms with van der Waals surface area (Å²) in [5.74, 6) is 0.588. The average molecular weight is 190 g/mol. The predicted octanol–water partition coefficient (Wildman–Crippen LogP) is -0.702. The monoisotopic (exact) mass is 190 g/mol. The summed E-state index contributed by atoms with van der Waals surface area (Å²) in [5.41, 5.74) is -1.39. The SMILES string of the molecule is C[C@]1(O)N2[C@@H]3C4OC5[C@H]([C@H]42)C1(C#N)[C@@H]53. The molecular formula is C10H10N2O2. The van der Waals surface area contributed by atoms with Crippen molar-refractivity contribution in [1.29, 1.82) is 5.26 Å². The average Bonchev–Trinajstić information content (AvgIpc) is 2.60. The molecule has 5 heterocycles. The molecule has 0 aromatic heterocycles. The first-order valence-electron chi connectivity index (χ1n) is 5.24. The van der Waals surface area contributed by atoms with Crippen molar-refractivity contribution in [3.63, 3.8) is 0 Å². The molecule has 4 heteroatoms. The molecule has 1 saturated carbocycles. The number of nitriles is 1. The van der Waals surface area contributed by atoms with E-state index >= 15 is 0 Å². The number of nitrogens with zero attached hydrogens (tertiary/aromatic N) is 2. The van der Waals surface area contributed by atoms with E-state index in [1.807, 2.05) is 6.92 Å². The summed E-state index contributed by atoms with van der Waals surface area (Å²) in [7, 11) is 0. The third-order valence-corrected chi connectivity index (χ3v) is 5.60. The van der Waals surface area contributed by atoms with Crippen LogP contribution in [0.15, 0.2) is 0 Å². The van der Waals surface area contributed by atoms with Gasteiger partial charge < -0.3 is 9.84 Å². The van der Waals surface area contributed by atoms with Crippen LogP contribution in [0.5, 0.6) is 0 Å². The van der Waals surface area contributed by atoms with Crippen molar-refractivity contribution in [2.45, 2.75) is 36.9 Å². The minimum absolute atomic E-state index is 0.292. The van der Waals surface area contributed by atoms with Gasteiger partial charge in [-0.05, 0) is 6.92 Å². The van der Waals surface area contributed by atoms with Gasteiger partial charge >= 0.3 is 0 Å². The molecule has 8 atom stereocenters. The molecule has 0 aromatic carbocycles. The molecule has 5 aliphatic heterocycles. The number of hydrogen-bond donors (Lipinski definition) is 1. The summed E-state index contributed by atoms with van der Waals surface area (Å²) >= 11 is 0. The highest BCUT2D eigenvalue weighted by molar-refractivity contribution is 5.48. The van der Waals surface area contributed by atoms with Crippen molar-refractivity contribution >= 4 is 0 Å². The molecule has 6 fully saturated rings. The maximum Gasteiger partial charge on any atom is 0.135 e. The Kier molecular flexibility index (Phi) is 0.656. The van der Waals surface area contributed by atoms with Crippen LogP contribution in [0.3, 0.4) is 0 Å². The zero-order valence-corrected chi connectivity index (χ0v) is 7.71. The highest BCUT2D eigenvalue weighted by Gasteiger charge is 2.97. The predicted molar refractivity (Wildman–Crippen MR) is 43.7 cm³/mol. The van der Waals surface area contributed by atoms with Crippen LogP contribution in [0.4, 0.5) is 0 Å². The van der Waals surface area contributed by atoms with Crippen molar-refractivity contribution < 1.29 is 9.84 Å². The second kappa shape index (κ2) is 1.35. The Morgan fingerprint density at radius 1 is 1.36 bits per heavy atom. The van der Waals surface area contributed by atoms with Gasteiger partial charge in [-0.15, -0.1) is 0 Å². The lowest BCUT2D eigenvalue weighted by Crippen LogP contribution is -2.74. The van der Waals surface area contributed by atoms with Crippen LogP contribution in [0, 0.1) is 28.6 Å². The van der Waals surface area contributed by atoms with Crippen LogP contribution in [0.2, 0.25) is 0 Å². The summed E-state index contributed by atoms with van der Waals surface area (Å²) < 4.78 is 5.81. The second-order valence-corrected chi connectivity index (χ2v) is 5.51. The van der Waals surface area contributed by atoms with Gasteiger partial charge in [0.05, 0.1) is 18.3 Å². The third kappa shape index (κ3) is 0.286. The molecule has 1 aliphatic carbocycles. The van der Waals surface area contributed by atoms with E-state index in [2.05, 4.69) is 11.0 Å². The largest absolute Gasteiger partial charge is 0.374 e. The summed E-state index contributed by atoms with van der Waals surface area (Å²) in [6.45, 7) is 1.81. The number of piperidine rings is 2. The summed E-state index contributed by atoms with van der Waals surface area (Å²) in [6.07, 6.45) is 0.630. The summed E-state index contributed by atoms with van der Waals surface area (Å²) in [6, 6.07) is 3.11. The fourth-order valence-electron chi connectivity index (χ4n) is 5.34. The van der Waals surface area contributed by atoms with Crippen molar-refractivity contribution in [3.8, 4) is 6.07 Å². The van der Waals surface area contributed by atoms with Crippen molar-refractivity contribution in [2.24, 2.45) is 17.3 Å². The van der Waals surface area contributed by atoms with E-state index in [9.17, 15) is 10.4 Å². The molecular weight excluding hydrogens is 180 g/mol. The number of rotatable bonds is 0. The Morgan fingerprint density at radius 3 is 2.57 bits per heavy atom. The van der Waals surface area contributed by atoms with Crippen LogP contribution in [-0.2, 0) is 4.74 Å². The normalized spacial score (nSPS) is 80.1. The molecule has 0 radical (unpaired) electrons. The van der Waals surface area contributed by atoms with E-state index in [0.717, 1.165) is 0 Å². The minimum Gasteiger partial charge on any atom is -0.374 e. The van der Waals surface area contributed by atoms with Gasteiger partial charge in [-0.25, -0.2) is 0 Å². The Morgan fingerprint density at radius 2 is 2.00 bits per heavy atom. The molecule has 5 saturated heterocycles. The highest BCUT2D eigenvalue weighted by atomic mass is 16.5. The zero-order chi connectivity index (χ0) is 9.46. The van der Waals surface area contributed by atoms with E-state index < -0.39 is 11.1 Å². The maximum absolute atomic E-state index is 10.4. The van der Waals surface area contributed by atoms with Gasteiger partial charge in [-0.2, -0.15) is 5.26 Å². The molecule has 4 bridgehead atoms. The molecule has 0 aromatic rings. The molecule has 3 unspecified atom stereocenters. The first-order chi connectivity index (χ1) is 6.66. The molecule has 14 heavy (non-hydrogen) atoms. The molecule has 0 spiro atoms. The first kappa shape index (κ1) is 6.78. The lowest BCUT2D eigenvalue weighted by Gasteiger charge is -2.58. The second-order valence-electron chi connectivity index (χ2n) is 5.51. The van der Waals surface area contributed by atoms with Gasteiger partial charge in [-0.1, -0.05) is 0 Å². The van der Waals surface area contributed by atoms with Gasteiger partial charge in [0, 0.05) is 23.9 Å². The van der Waals surface area contributed by atoms with E-state index in [-0.39, 0.29) is 0 Å². The van der Waals surface area contributed by atoms with Gasteiger partial charge in [0.15, 0.2) is 0 Å². The molecule has 4 nitrogen and oxygen atoms in total. The zero-order valence-electron chi connectivity index (χ0n) is 7.71. The van der Waals surface area contributed by atoms with Crippen LogP contribution in [-0.4, -0.2) is 40.0 Å². The van der Waals surface area contributed by atoms with Gasteiger partial charge in [0.1, 0.15) is 11.1 Å². The Bertz CT molecular complexity index is 406. The number of hydrogen-bond acceptors (Lipinski definition) is 4. The number of ether oxygens (including phenoxy) is 1. The molecule has 0 amide bonds. The topological polar surface area (TPSA) is 56.5 Å².